The van der Waals surface area contributed by atoms with Crippen LogP contribution in [0.15, 0.2) is 29.2 Å². The Morgan fingerprint density at radius 3 is 3.00 bits per heavy atom. The standard InChI is InChI=1S/C18H17N3O3S/c1-10-5-6-11-13(8-10)25-17-15(11)18(24)21(9-14(22)23)16(20-17)12-4-2-3-7-19-12/h2-4,7,10H,5-6,8-9H2,1H3,(H,22,23). The minimum absolute atomic E-state index is 0.278. The molecule has 7 heteroatoms. The van der Waals surface area contributed by atoms with Gasteiger partial charge in [-0.2, -0.15) is 0 Å². The van der Waals surface area contributed by atoms with Gasteiger partial charge in [-0.25, -0.2) is 4.98 Å². The SMILES string of the molecule is CC1CCc2c(sc3nc(-c4ccccn4)n(CC(=O)O)c(=O)c23)C1. The Kier molecular flexibility index (Phi) is 3.88. The van der Waals surface area contributed by atoms with E-state index in [1.54, 1.807) is 35.7 Å². The van der Waals surface area contributed by atoms with Crippen LogP contribution in [0.2, 0.25) is 0 Å². The molecule has 6 nitrogen and oxygen atoms in total. The van der Waals surface area contributed by atoms with Gasteiger partial charge in [0.05, 0.1) is 5.39 Å². The molecule has 0 radical (unpaired) electrons. The summed E-state index contributed by atoms with van der Waals surface area (Å²) in [6.45, 7) is 1.79. The third-order valence-corrected chi connectivity index (χ3v) is 5.75. The van der Waals surface area contributed by atoms with Crippen LogP contribution in [-0.4, -0.2) is 25.6 Å². The predicted octanol–water partition coefficient (Wildman–Crippen LogP) is 2.73. The van der Waals surface area contributed by atoms with Gasteiger partial charge in [0.15, 0.2) is 5.82 Å². The van der Waals surface area contributed by atoms with E-state index < -0.39 is 12.5 Å². The molecule has 0 aromatic carbocycles. The van der Waals surface area contributed by atoms with Crippen molar-refractivity contribution in [2.75, 3.05) is 0 Å². The van der Waals surface area contributed by atoms with Gasteiger partial charge in [-0.05, 0) is 42.9 Å². The minimum Gasteiger partial charge on any atom is -0.480 e. The highest BCUT2D eigenvalue weighted by Gasteiger charge is 2.25. The van der Waals surface area contributed by atoms with E-state index in [2.05, 4.69) is 16.9 Å². The van der Waals surface area contributed by atoms with Gasteiger partial charge in [-0.1, -0.05) is 13.0 Å². The molecule has 3 aromatic heterocycles. The minimum atomic E-state index is -1.07. The molecule has 3 aromatic rings. The first kappa shape index (κ1) is 16.0. The summed E-state index contributed by atoms with van der Waals surface area (Å²) in [4.78, 5) is 35.2. The first-order chi connectivity index (χ1) is 12.0. The number of aromatic nitrogens is 3. The first-order valence-corrected chi connectivity index (χ1v) is 9.04. The molecule has 0 saturated carbocycles. The molecule has 0 saturated heterocycles. The molecule has 25 heavy (non-hydrogen) atoms. The fourth-order valence-electron chi connectivity index (χ4n) is 3.40. The van der Waals surface area contributed by atoms with Gasteiger partial charge >= 0.3 is 5.97 Å². The maximum absolute atomic E-state index is 13.1. The summed E-state index contributed by atoms with van der Waals surface area (Å²) >= 11 is 1.55. The monoisotopic (exact) mass is 355 g/mol. The van der Waals surface area contributed by atoms with Gasteiger partial charge in [0.25, 0.3) is 5.56 Å². The lowest BCUT2D eigenvalue weighted by Crippen LogP contribution is -2.27. The molecular weight excluding hydrogens is 338 g/mol. The summed E-state index contributed by atoms with van der Waals surface area (Å²) < 4.78 is 1.23. The lowest BCUT2D eigenvalue weighted by atomic mass is 9.89. The zero-order chi connectivity index (χ0) is 17.6. The number of carbonyl (C=O) groups is 1. The van der Waals surface area contributed by atoms with Crippen LogP contribution in [-0.2, 0) is 24.2 Å². The molecule has 0 fully saturated rings. The van der Waals surface area contributed by atoms with Crippen LogP contribution in [0.5, 0.6) is 0 Å². The summed E-state index contributed by atoms with van der Waals surface area (Å²) in [5.74, 6) is -0.164. The number of fused-ring (bicyclic) bond motifs is 3. The molecule has 3 heterocycles. The predicted molar refractivity (Wildman–Crippen MR) is 95.9 cm³/mol. The van der Waals surface area contributed by atoms with Gasteiger partial charge < -0.3 is 5.11 Å². The zero-order valence-corrected chi connectivity index (χ0v) is 14.5. The van der Waals surface area contributed by atoms with Gasteiger partial charge in [0.1, 0.15) is 17.1 Å². The highest BCUT2D eigenvalue weighted by Crippen LogP contribution is 2.36. The average Bonchev–Trinajstić information content (AvgIpc) is 2.95. The summed E-state index contributed by atoms with van der Waals surface area (Å²) in [5, 5.41) is 9.84. The second kappa shape index (κ2) is 6.07. The molecule has 0 bridgehead atoms. The van der Waals surface area contributed by atoms with E-state index in [9.17, 15) is 14.7 Å². The highest BCUT2D eigenvalue weighted by molar-refractivity contribution is 7.18. The molecular formula is C18H17N3O3S. The third-order valence-electron chi connectivity index (χ3n) is 4.60. The highest BCUT2D eigenvalue weighted by atomic mass is 32.1. The maximum atomic E-state index is 13.1. The molecule has 0 spiro atoms. The third kappa shape index (κ3) is 2.74. The number of carboxylic acid groups (broad SMARTS) is 1. The second-order valence-electron chi connectivity index (χ2n) is 6.47. The van der Waals surface area contributed by atoms with Crippen molar-refractivity contribution in [1.82, 2.24) is 14.5 Å². The van der Waals surface area contributed by atoms with E-state index >= 15 is 0 Å². The normalized spacial score (nSPS) is 16.8. The summed E-state index contributed by atoms with van der Waals surface area (Å²) in [6.07, 6.45) is 4.45. The largest absolute Gasteiger partial charge is 0.480 e. The Labute approximate surface area is 147 Å². The van der Waals surface area contributed by atoms with Crippen LogP contribution in [0.25, 0.3) is 21.7 Å². The Hall–Kier alpha value is -2.54. The fourth-order valence-corrected chi connectivity index (χ4v) is 4.77. The lowest BCUT2D eigenvalue weighted by Gasteiger charge is -2.17. The van der Waals surface area contributed by atoms with Crippen LogP contribution in [0.1, 0.15) is 23.8 Å². The number of aliphatic carboxylic acids is 1. The van der Waals surface area contributed by atoms with Crippen molar-refractivity contribution in [2.45, 2.75) is 32.7 Å². The molecule has 1 aliphatic rings. The Morgan fingerprint density at radius 1 is 1.44 bits per heavy atom. The van der Waals surface area contributed by atoms with Crippen molar-refractivity contribution < 1.29 is 9.90 Å². The van der Waals surface area contributed by atoms with Crippen LogP contribution < -0.4 is 5.56 Å². The van der Waals surface area contributed by atoms with E-state index in [4.69, 9.17) is 0 Å². The van der Waals surface area contributed by atoms with Gasteiger partial charge in [0.2, 0.25) is 0 Å². The summed E-state index contributed by atoms with van der Waals surface area (Å²) in [5.41, 5.74) is 1.28. The summed E-state index contributed by atoms with van der Waals surface area (Å²) in [7, 11) is 0. The van der Waals surface area contributed by atoms with E-state index in [0.29, 0.717) is 27.7 Å². The number of nitrogens with zero attached hydrogens (tertiary/aromatic N) is 3. The number of aryl methyl sites for hydroxylation is 1. The Balaban J connectivity index is 2.02. The molecule has 4 rings (SSSR count). The van der Waals surface area contributed by atoms with E-state index in [1.165, 1.54) is 9.44 Å². The van der Waals surface area contributed by atoms with Crippen LogP contribution in [0, 0.1) is 5.92 Å². The summed E-state index contributed by atoms with van der Waals surface area (Å²) in [6, 6.07) is 5.30. The maximum Gasteiger partial charge on any atom is 0.323 e. The van der Waals surface area contributed by atoms with Crippen molar-refractivity contribution in [3.8, 4) is 11.5 Å². The van der Waals surface area contributed by atoms with Crippen molar-refractivity contribution in [1.29, 1.82) is 0 Å². The number of hydrogen-bond acceptors (Lipinski definition) is 5. The molecule has 0 amide bonds. The number of rotatable bonds is 3. The van der Waals surface area contributed by atoms with E-state index in [-0.39, 0.29) is 5.56 Å². The van der Waals surface area contributed by atoms with Gasteiger partial charge in [-0.15, -0.1) is 11.3 Å². The van der Waals surface area contributed by atoms with Crippen molar-refractivity contribution >= 4 is 27.5 Å². The van der Waals surface area contributed by atoms with Crippen LogP contribution >= 0.6 is 11.3 Å². The quantitative estimate of drug-likeness (QED) is 0.781. The molecule has 1 unspecified atom stereocenters. The van der Waals surface area contributed by atoms with Crippen LogP contribution in [0.3, 0.4) is 0 Å². The number of hydrogen-bond donors (Lipinski definition) is 1. The second-order valence-corrected chi connectivity index (χ2v) is 7.55. The van der Waals surface area contributed by atoms with Gasteiger partial charge in [0, 0.05) is 11.1 Å². The first-order valence-electron chi connectivity index (χ1n) is 8.23. The average molecular weight is 355 g/mol. The lowest BCUT2D eigenvalue weighted by molar-refractivity contribution is -0.137. The number of pyridine rings is 1. The molecule has 1 atom stereocenters. The van der Waals surface area contributed by atoms with E-state index in [1.807, 2.05) is 0 Å². The molecule has 0 aliphatic heterocycles. The number of carboxylic acids is 1. The smallest absolute Gasteiger partial charge is 0.323 e. The Morgan fingerprint density at radius 2 is 2.28 bits per heavy atom. The fraction of sp³-hybridized carbons (Fsp3) is 0.333. The van der Waals surface area contributed by atoms with Gasteiger partial charge in [-0.3, -0.25) is 19.1 Å². The van der Waals surface area contributed by atoms with Crippen molar-refractivity contribution in [2.24, 2.45) is 5.92 Å². The van der Waals surface area contributed by atoms with Crippen LogP contribution in [0.4, 0.5) is 0 Å². The van der Waals surface area contributed by atoms with Crippen molar-refractivity contribution in [3.63, 3.8) is 0 Å². The van der Waals surface area contributed by atoms with Crippen molar-refractivity contribution in [3.05, 3.63) is 45.2 Å². The molecule has 1 aliphatic carbocycles. The number of thiophene rings is 1. The molecule has 128 valence electrons. The zero-order valence-electron chi connectivity index (χ0n) is 13.7. The topological polar surface area (TPSA) is 85.1 Å². The molecule has 1 N–H and O–H groups in total. The Bertz CT molecular complexity index is 1020. The van der Waals surface area contributed by atoms with E-state index in [0.717, 1.165) is 24.8 Å².